The quantitative estimate of drug-likeness (QED) is 0.749. The SMILES string of the molecule is CC(C)CNC(=O)CN(C)C1CNC(C)(C)C1. The van der Waals surface area contributed by atoms with Gasteiger partial charge >= 0.3 is 0 Å². The molecule has 0 aromatic carbocycles. The van der Waals surface area contributed by atoms with E-state index in [-0.39, 0.29) is 11.4 Å². The fourth-order valence-corrected chi connectivity index (χ4v) is 2.17. The lowest BCUT2D eigenvalue weighted by Crippen LogP contribution is -2.42. The maximum atomic E-state index is 11.7. The third kappa shape index (κ3) is 5.04. The molecule has 1 fully saturated rings. The van der Waals surface area contributed by atoms with Crippen LogP contribution in [0.25, 0.3) is 0 Å². The van der Waals surface area contributed by atoms with Crippen LogP contribution in [0.15, 0.2) is 0 Å². The topological polar surface area (TPSA) is 44.4 Å². The molecule has 1 rings (SSSR count). The van der Waals surface area contributed by atoms with E-state index in [9.17, 15) is 4.79 Å². The lowest BCUT2D eigenvalue weighted by atomic mass is 10.0. The minimum atomic E-state index is 0.130. The third-order valence-corrected chi connectivity index (χ3v) is 3.29. The van der Waals surface area contributed by atoms with Crippen molar-refractivity contribution in [3.8, 4) is 0 Å². The van der Waals surface area contributed by atoms with Crippen molar-refractivity contribution in [1.82, 2.24) is 15.5 Å². The molecule has 1 atom stereocenters. The molecule has 1 unspecified atom stereocenters. The second-order valence-corrected chi connectivity index (χ2v) is 6.24. The van der Waals surface area contributed by atoms with Crippen LogP contribution in [0.4, 0.5) is 0 Å². The second-order valence-electron chi connectivity index (χ2n) is 6.24. The van der Waals surface area contributed by atoms with Crippen molar-refractivity contribution < 1.29 is 4.79 Å². The van der Waals surface area contributed by atoms with Crippen molar-refractivity contribution in [3.63, 3.8) is 0 Å². The first-order valence-corrected chi connectivity index (χ1v) is 6.52. The summed E-state index contributed by atoms with van der Waals surface area (Å²) >= 11 is 0. The zero-order valence-corrected chi connectivity index (χ0v) is 11.8. The molecule has 0 aromatic rings. The second kappa shape index (κ2) is 5.83. The van der Waals surface area contributed by atoms with Gasteiger partial charge in [0.25, 0.3) is 0 Å². The molecule has 1 amide bonds. The Morgan fingerprint density at radius 3 is 2.65 bits per heavy atom. The lowest BCUT2D eigenvalue weighted by Gasteiger charge is -2.24. The Hall–Kier alpha value is -0.610. The van der Waals surface area contributed by atoms with Gasteiger partial charge in [0.1, 0.15) is 0 Å². The number of nitrogens with one attached hydrogen (secondary N) is 2. The fraction of sp³-hybridized carbons (Fsp3) is 0.923. The van der Waals surface area contributed by atoms with Gasteiger partial charge in [-0.3, -0.25) is 9.69 Å². The van der Waals surface area contributed by atoms with Crippen LogP contribution in [0, 0.1) is 5.92 Å². The number of carbonyl (C=O) groups is 1. The molecule has 0 saturated carbocycles. The molecule has 0 radical (unpaired) electrons. The molecule has 1 aliphatic rings. The first-order chi connectivity index (χ1) is 7.80. The van der Waals surface area contributed by atoms with Gasteiger partial charge in [0.05, 0.1) is 6.54 Å². The summed E-state index contributed by atoms with van der Waals surface area (Å²) in [6, 6.07) is 0.467. The van der Waals surface area contributed by atoms with Gasteiger partial charge in [-0.15, -0.1) is 0 Å². The Labute approximate surface area is 105 Å². The van der Waals surface area contributed by atoms with E-state index in [1.54, 1.807) is 0 Å². The van der Waals surface area contributed by atoms with Gasteiger partial charge in [-0.2, -0.15) is 0 Å². The molecular weight excluding hydrogens is 214 g/mol. The van der Waals surface area contributed by atoms with Crippen LogP contribution < -0.4 is 10.6 Å². The third-order valence-electron chi connectivity index (χ3n) is 3.29. The van der Waals surface area contributed by atoms with Crippen molar-refractivity contribution in [1.29, 1.82) is 0 Å². The van der Waals surface area contributed by atoms with Gasteiger partial charge in [-0.1, -0.05) is 13.8 Å². The average Bonchev–Trinajstić information content (AvgIpc) is 2.56. The summed E-state index contributed by atoms with van der Waals surface area (Å²) in [7, 11) is 2.03. The predicted octanol–water partition coefficient (Wildman–Crippen LogP) is 0.831. The van der Waals surface area contributed by atoms with Gasteiger partial charge in [0.2, 0.25) is 5.91 Å². The molecule has 0 aromatic heterocycles. The van der Waals surface area contributed by atoms with Gasteiger partial charge in [0, 0.05) is 24.7 Å². The normalized spacial score (nSPS) is 23.4. The molecule has 0 bridgehead atoms. The smallest absolute Gasteiger partial charge is 0.234 e. The Kier molecular flexibility index (Phi) is 4.95. The molecule has 4 heteroatoms. The molecule has 1 saturated heterocycles. The van der Waals surface area contributed by atoms with E-state index < -0.39 is 0 Å². The summed E-state index contributed by atoms with van der Waals surface area (Å²) in [4.78, 5) is 13.9. The van der Waals surface area contributed by atoms with Crippen LogP contribution in [0.3, 0.4) is 0 Å². The summed E-state index contributed by atoms with van der Waals surface area (Å²) in [5.41, 5.74) is 0.202. The predicted molar refractivity (Wildman–Crippen MR) is 71.0 cm³/mol. The Morgan fingerprint density at radius 2 is 2.18 bits per heavy atom. The summed E-state index contributed by atoms with van der Waals surface area (Å²) in [6.07, 6.45) is 1.10. The fourth-order valence-electron chi connectivity index (χ4n) is 2.17. The first kappa shape index (κ1) is 14.5. The average molecular weight is 241 g/mol. The highest BCUT2D eigenvalue weighted by atomic mass is 16.2. The van der Waals surface area contributed by atoms with Crippen molar-refractivity contribution in [2.45, 2.75) is 45.7 Å². The van der Waals surface area contributed by atoms with Crippen molar-refractivity contribution in [2.24, 2.45) is 5.92 Å². The number of amides is 1. The Balaban J connectivity index is 2.29. The van der Waals surface area contributed by atoms with Crippen LogP contribution in [-0.2, 0) is 4.79 Å². The monoisotopic (exact) mass is 241 g/mol. The highest BCUT2D eigenvalue weighted by molar-refractivity contribution is 5.78. The molecule has 100 valence electrons. The Bertz CT molecular complexity index is 263. The lowest BCUT2D eigenvalue weighted by molar-refractivity contribution is -0.122. The van der Waals surface area contributed by atoms with E-state index >= 15 is 0 Å². The van der Waals surface area contributed by atoms with Crippen LogP contribution in [0.1, 0.15) is 34.1 Å². The molecule has 1 heterocycles. The van der Waals surface area contributed by atoms with Gasteiger partial charge < -0.3 is 10.6 Å². The van der Waals surface area contributed by atoms with Crippen molar-refractivity contribution >= 4 is 5.91 Å². The summed E-state index contributed by atoms with van der Waals surface area (Å²) < 4.78 is 0. The molecule has 0 aliphatic carbocycles. The number of rotatable bonds is 5. The number of hydrogen-bond donors (Lipinski definition) is 2. The van der Waals surface area contributed by atoms with E-state index in [1.165, 1.54) is 0 Å². The number of carbonyl (C=O) groups excluding carboxylic acids is 1. The van der Waals surface area contributed by atoms with Crippen LogP contribution in [0.5, 0.6) is 0 Å². The van der Waals surface area contributed by atoms with Gasteiger partial charge in [-0.05, 0) is 33.2 Å². The minimum Gasteiger partial charge on any atom is -0.355 e. The molecule has 17 heavy (non-hydrogen) atoms. The summed E-state index contributed by atoms with van der Waals surface area (Å²) in [5, 5.41) is 6.43. The molecule has 1 aliphatic heterocycles. The molecular formula is C13H27N3O. The van der Waals surface area contributed by atoms with Gasteiger partial charge in [-0.25, -0.2) is 0 Å². The van der Waals surface area contributed by atoms with Crippen LogP contribution in [0.2, 0.25) is 0 Å². The van der Waals surface area contributed by atoms with E-state index in [0.29, 0.717) is 18.5 Å². The Morgan fingerprint density at radius 1 is 1.53 bits per heavy atom. The largest absolute Gasteiger partial charge is 0.355 e. The molecule has 2 N–H and O–H groups in total. The maximum absolute atomic E-state index is 11.7. The zero-order chi connectivity index (χ0) is 13.1. The highest BCUT2D eigenvalue weighted by Gasteiger charge is 2.32. The maximum Gasteiger partial charge on any atom is 0.234 e. The van der Waals surface area contributed by atoms with Crippen LogP contribution >= 0.6 is 0 Å². The van der Waals surface area contributed by atoms with E-state index in [2.05, 4.69) is 43.2 Å². The first-order valence-electron chi connectivity index (χ1n) is 6.52. The van der Waals surface area contributed by atoms with E-state index in [0.717, 1.165) is 19.5 Å². The van der Waals surface area contributed by atoms with Crippen LogP contribution in [-0.4, -0.2) is 49.1 Å². The standard InChI is InChI=1S/C13H27N3O/c1-10(2)7-14-12(17)9-16(5)11-6-13(3,4)15-8-11/h10-11,15H,6-9H2,1-5H3,(H,14,17). The number of hydrogen-bond acceptors (Lipinski definition) is 3. The zero-order valence-electron chi connectivity index (χ0n) is 11.8. The van der Waals surface area contributed by atoms with Crippen molar-refractivity contribution in [3.05, 3.63) is 0 Å². The summed E-state index contributed by atoms with van der Waals surface area (Å²) in [5.74, 6) is 0.641. The van der Waals surface area contributed by atoms with Crippen molar-refractivity contribution in [2.75, 3.05) is 26.7 Å². The molecule has 4 nitrogen and oxygen atoms in total. The number of likely N-dealkylation sites (N-methyl/N-ethyl adjacent to an activating group) is 1. The minimum absolute atomic E-state index is 0.130. The van der Waals surface area contributed by atoms with E-state index in [1.807, 2.05) is 7.05 Å². The number of nitrogens with zero attached hydrogens (tertiary/aromatic N) is 1. The molecule has 0 spiro atoms. The highest BCUT2D eigenvalue weighted by Crippen LogP contribution is 2.20. The van der Waals surface area contributed by atoms with Gasteiger partial charge in [0.15, 0.2) is 0 Å². The van der Waals surface area contributed by atoms with E-state index in [4.69, 9.17) is 0 Å². The summed E-state index contributed by atoms with van der Waals surface area (Å²) in [6.45, 7) is 10.9.